The summed E-state index contributed by atoms with van der Waals surface area (Å²) in [6, 6.07) is 3.32. The molecule has 0 amide bonds. The Morgan fingerprint density at radius 1 is 1.53 bits per heavy atom. The van der Waals surface area contributed by atoms with Crippen LogP contribution in [0.4, 0.5) is 5.69 Å². The minimum atomic E-state index is -1.07. The highest BCUT2D eigenvalue weighted by Crippen LogP contribution is 2.12. The fourth-order valence-corrected chi connectivity index (χ4v) is 1.36. The first kappa shape index (κ1) is 11.1. The number of pyridine rings is 1. The van der Waals surface area contributed by atoms with Gasteiger partial charge in [-0.15, -0.1) is 0 Å². The number of nitrogens with zero attached hydrogens (tertiary/aromatic N) is 4. The quantitative estimate of drug-likeness (QED) is 0.799. The molecule has 0 aliphatic carbocycles. The van der Waals surface area contributed by atoms with E-state index in [0.29, 0.717) is 18.1 Å². The van der Waals surface area contributed by atoms with Crippen LogP contribution in [0.3, 0.4) is 0 Å². The molecule has 0 aliphatic rings. The van der Waals surface area contributed by atoms with E-state index in [9.17, 15) is 4.79 Å². The smallest absolute Gasteiger partial charge is 0.356 e. The lowest BCUT2D eigenvalue weighted by atomic mass is 10.3. The average Bonchev–Trinajstić information content (AvgIpc) is 2.73. The summed E-state index contributed by atoms with van der Waals surface area (Å²) in [5, 5.41) is 15.9. The molecule has 0 saturated heterocycles. The molecule has 2 N–H and O–H groups in total. The van der Waals surface area contributed by atoms with Gasteiger partial charge in [0.25, 0.3) is 0 Å². The summed E-state index contributed by atoms with van der Waals surface area (Å²) >= 11 is 0. The highest BCUT2D eigenvalue weighted by atomic mass is 16.4. The van der Waals surface area contributed by atoms with Crippen LogP contribution in [-0.4, -0.2) is 30.8 Å². The Hall–Kier alpha value is -2.44. The van der Waals surface area contributed by atoms with E-state index >= 15 is 0 Å². The van der Waals surface area contributed by atoms with Crippen LogP contribution in [-0.2, 0) is 13.6 Å². The first-order chi connectivity index (χ1) is 8.16. The van der Waals surface area contributed by atoms with E-state index in [0.717, 1.165) is 0 Å². The zero-order valence-electron chi connectivity index (χ0n) is 9.16. The molecule has 7 heteroatoms. The molecular weight excluding hydrogens is 222 g/mol. The van der Waals surface area contributed by atoms with Crippen molar-refractivity contribution >= 4 is 11.7 Å². The number of aryl methyl sites for hydroxylation is 1. The molecule has 0 spiro atoms. The Kier molecular flexibility index (Phi) is 2.99. The maximum atomic E-state index is 10.9. The Morgan fingerprint density at radius 3 is 3.00 bits per heavy atom. The molecule has 2 rings (SSSR count). The van der Waals surface area contributed by atoms with Gasteiger partial charge in [0, 0.05) is 13.2 Å². The van der Waals surface area contributed by atoms with E-state index in [2.05, 4.69) is 20.4 Å². The normalized spacial score (nSPS) is 10.2. The van der Waals surface area contributed by atoms with E-state index in [1.807, 2.05) is 0 Å². The van der Waals surface area contributed by atoms with Crippen molar-refractivity contribution in [3.63, 3.8) is 0 Å². The first-order valence-corrected chi connectivity index (χ1v) is 4.93. The van der Waals surface area contributed by atoms with Gasteiger partial charge in [0.05, 0.1) is 12.2 Å². The van der Waals surface area contributed by atoms with Crippen molar-refractivity contribution in [3.8, 4) is 0 Å². The second kappa shape index (κ2) is 4.60. The Morgan fingerprint density at radius 2 is 2.35 bits per heavy atom. The molecule has 0 radical (unpaired) electrons. The summed E-state index contributed by atoms with van der Waals surface area (Å²) in [4.78, 5) is 18.7. The number of carboxylic acids is 1. The minimum absolute atomic E-state index is 0.0107. The van der Waals surface area contributed by atoms with E-state index < -0.39 is 5.97 Å². The van der Waals surface area contributed by atoms with Gasteiger partial charge in [-0.25, -0.2) is 14.8 Å². The van der Waals surface area contributed by atoms with Gasteiger partial charge in [-0.1, -0.05) is 0 Å². The molecule has 17 heavy (non-hydrogen) atoms. The van der Waals surface area contributed by atoms with Gasteiger partial charge >= 0.3 is 5.97 Å². The van der Waals surface area contributed by atoms with Crippen LogP contribution < -0.4 is 5.32 Å². The number of carbonyl (C=O) groups is 1. The summed E-state index contributed by atoms with van der Waals surface area (Å²) in [5.41, 5.74) is 0.441. The Bertz CT molecular complexity index is 537. The molecular formula is C10H11N5O2. The van der Waals surface area contributed by atoms with Crippen LogP contribution in [0.1, 0.15) is 16.3 Å². The van der Waals surface area contributed by atoms with Crippen LogP contribution in [0.2, 0.25) is 0 Å². The van der Waals surface area contributed by atoms with Gasteiger partial charge in [-0.2, -0.15) is 5.10 Å². The van der Waals surface area contributed by atoms with Crippen LogP contribution in [0, 0.1) is 0 Å². The summed E-state index contributed by atoms with van der Waals surface area (Å²) < 4.78 is 1.58. The number of aromatic carboxylic acids is 1. The average molecular weight is 233 g/mol. The highest BCUT2D eigenvalue weighted by molar-refractivity contribution is 5.91. The fraction of sp³-hybridized carbons (Fsp3) is 0.200. The molecule has 2 heterocycles. The Balaban J connectivity index is 2.11. The molecule has 0 fully saturated rings. The number of hydrogen-bond acceptors (Lipinski definition) is 5. The second-order valence-electron chi connectivity index (χ2n) is 3.39. The van der Waals surface area contributed by atoms with Crippen molar-refractivity contribution in [3.05, 3.63) is 36.2 Å². The van der Waals surface area contributed by atoms with Gasteiger partial charge in [0.15, 0.2) is 11.5 Å². The third kappa shape index (κ3) is 2.57. The van der Waals surface area contributed by atoms with Crippen molar-refractivity contribution in [2.75, 3.05) is 5.32 Å². The summed E-state index contributed by atoms with van der Waals surface area (Å²) in [5.74, 6) is -0.477. The number of hydrogen-bond donors (Lipinski definition) is 2. The molecule has 0 atom stereocenters. The van der Waals surface area contributed by atoms with Gasteiger partial charge < -0.3 is 10.4 Å². The van der Waals surface area contributed by atoms with Crippen LogP contribution in [0.5, 0.6) is 0 Å². The Labute approximate surface area is 97.1 Å². The number of nitrogens with one attached hydrogen (secondary N) is 1. The van der Waals surface area contributed by atoms with Crippen LogP contribution in [0.25, 0.3) is 0 Å². The lowest BCUT2D eigenvalue weighted by Crippen LogP contribution is -2.09. The maximum absolute atomic E-state index is 10.9. The minimum Gasteiger partial charge on any atom is -0.476 e. The molecule has 0 aromatic carbocycles. The van der Waals surface area contributed by atoms with Crippen molar-refractivity contribution in [2.45, 2.75) is 6.54 Å². The van der Waals surface area contributed by atoms with Crippen molar-refractivity contribution in [1.29, 1.82) is 0 Å². The molecule has 0 bridgehead atoms. The van der Waals surface area contributed by atoms with E-state index in [-0.39, 0.29) is 5.69 Å². The topological polar surface area (TPSA) is 92.9 Å². The summed E-state index contributed by atoms with van der Waals surface area (Å²) in [7, 11) is 1.77. The standard InChI is InChI=1S/C10H11N5O2/c1-15-6-13-8(14-15)5-12-7-3-2-4-11-9(7)10(16)17/h2-4,6,12H,5H2,1H3,(H,16,17). The van der Waals surface area contributed by atoms with E-state index in [4.69, 9.17) is 5.11 Å². The molecule has 0 aliphatic heterocycles. The first-order valence-electron chi connectivity index (χ1n) is 4.93. The lowest BCUT2D eigenvalue weighted by molar-refractivity contribution is 0.0691. The molecule has 2 aromatic rings. The molecule has 7 nitrogen and oxygen atoms in total. The maximum Gasteiger partial charge on any atom is 0.356 e. The molecule has 0 saturated carbocycles. The zero-order valence-corrected chi connectivity index (χ0v) is 9.16. The van der Waals surface area contributed by atoms with E-state index in [1.165, 1.54) is 6.20 Å². The number of aromatic nitrogens is 4. The monoisotopic (exact) mass is 233 g/mol. The van der Waals surface area contributed by atoms with Gasteiger partial charge in [-0.3, -0.25) is 4.68 Å². The predicted octanol–water partition coefficient (Wildman–Crippen LogP) is 0.520. The highest BCUT2D eigenvalue weighted by Gasteiger charge is 2.10. The molecule has 0 unspecified atom stereocenters. The third-order valence-corrected chi connectivity index (χ3v) is 2.09. The van der Waals surface area contributed by atoms with Crippen molar-refractivity contribution < 1.29 is 9.90 Å². The van der Waals surface area contributed by atoms with E-state index in [1.54, 1.807) is 30.2 Å². The van der Waals surface area contributed by atoms with Crippen molar-refractivity contribution in [2.24, 2.45) is 7.05 Å². The number of anilines is 1. The SMILES string of the molecule is Cn1cnc(CNc2cccnc2C(=O)O)n1. The summed E-state index contributed by atoms with van der Waals surface area (Å²) in [6.07, 6.45) is 3.02. The van der Waals surface area contributed by atoms with Gasteiger partial charge in [0.1, 0.15) is 6.33 Å². The fourth-order valence-electron chi connectivity index (χ4n) is 1.36. The number of carboxylic acid groups (broad SMARTS) is 1. The largest absolute Gasteiger partial charge is 0.476 e. The molecule has 2 aromatic heterocycles. The second-order valence-corrected chi connectivity index (χ2v) is 3.39. The van der Waals surface area contributed by atoms with Crippen molar-refractivity contribution in [1.82, 2.24) is 19.7 Å². The summed E-state index contributed by atoms with van der Waals surface area (Å²) in [6.45, 7) is 0.354. The predicted molar refractivity (Wildman–Crippen MR) is 59.5 cm³/mol. The molecule has 88 valence electrons. The zero-order chi connectivity index (χ0) is 12.3. The third-order valence-electron chi connectivity index (χ3n) is 2.09. The van der Waals surface area contributed by atoms with Crippen LogP contribution >= 0.6 is 0 Å². The van der Waals surface area contributed by atoms with Crippen LogP contribution in [0.15, 0.2) is 24.7 Å². The van der Waals surface area contributed by atoms with Gasteiger partial charge in [-0.05, 0) is 12.1 Å². The van der Waals surface area contributed by atoms with Gasteiger partial charge in [0.2, 0.25) is 0 Å². The number of rotatable bonds is 4. The lowest BCUT2D eigenvalue weighted by Gasteiger charge is -2.05.